The number of carbonyl (C=O) groups is 1. The quantitative estimate of drug-likeness (QED) is 0.760. The fourth-order valence-electron chi connectivity index (χ4n) is 1.78. The molecule has 0 atom stereocenters. The van der Waals surface area contributed by atoms with Crippen LogP contribution in [0.25, 0.3) is 0 Å². The summed E-state index contributed by atoms with van der Waals surface area (Å²) in [4.78, 5) is 15.7. The van der Waals surface area contributed by atoms with Gasteiger partial charge < -0.3 is 9.67 Å². The van der Waals surface area contributed by atoms with Gasteiger partial charge >= 0.3 is 0 Å². The molecule has 0 aliphatic carbocycles. The molecule has 0 bridgehead atoms. The summed E-state index contributed by atoms with van der Waals surface area (Å²) in [6.45, 7) is 4.78. The average Bonchev–Trinajstić information content (AvgIpc) is 2.68. The highest BCUT2D eigenvalue weighted by atomic mass is 16.3. The van der Waals surface area contributed by atoms with Gasteiger partial charge in [-0.1, -0.05) is 13.8 Å². The minimum atomic E-state index is -0.0516. The standard InChI is InChI=1S/C12H20N2O2/c1-3-10-9-13-12(4-2)14(10)7-5-11(16)6-8-15/h9,15H,3-8H2,1-2H3. The number of aryl methyl sites for hydroxylation is 2. The summed E-state index contributed by atoms with van der Waals surface area (Å²) in [5.74, 6) is 1.15. The van der Waals surface area contributed by atoms with Gasteiger partial charge in [-0.15, -0.1) is 0 Å². The summed E-state index contributed by atoms with van der Waals surface area (Å²) < 4.78 is 2.12. The van der Waals surface area contributed by atoms with Gasteiger partial charge in [0.15, 0.2) is 0 Å². The van der Waals surface area contributed by atoms with Crippen molar-refractivity contribution in [2.75, 3.05) is 6.61 Å². The lowest BCUT2D eigenvalue weighted by atomic mass is 10.2. The van der Waals surface area contributed by atoms with Crippen molar-refractivity contribution in [2.24, 2.45) is 0 Å². The summed E-state index contributed by atoms with van der Waals surface area (Å²) >= 11 is 0. The van der Waals surface area contributed by atoms with Crippen LogP contribution in [0.4, 0.5) is 0 Å². The van der Waals surface area contributed by atoms with Gasteiger partial charge in [0.25, 0.3) is 0 Å². The molecular weight excluding hydrogens is 204 g/mol. The van der Waals surface area contributed by atoms with E-state index in [1.54, 1.807) is 0 Å². The predicted molar refractivity (Wildman–Crippen MR) is 62.3 cm³/mol. The largest absolute Gasteiger partial charge is 0.396 e. The highest BCUT2D eigenvalue weighted by molar-refractivity contribution is 5.78. The molecule has 0 saturated heterocycles. The van der Waals surface area contributed by atoms with Crippen LogP contribution in [-0.2, 0) is 24.2 Å². The fraction of sp³-hybridized carbons (Fsp3) is 0.667. The van der Waals surface area contributed by atoms with E-state index in [4.69, 9.17) is 5.11 Å². The topological polar surface area (TPSA) is 55.1 Å². The first-order valence-electron chi connectivity index (χ1n) is 5.88. The summed E-state index contributed by atoms with van der Waals surface area (Å²) in [6, 6.07) is 0. The van der Waals surface area contributed by atoms with Crippen molar-refractivity contribution >= 4 is 5.78 Å². The molecular formula is C12H20N2O2. The summed E-state index contributed by atoms with van der Waals surface area (Å²) in [7, 11) is 0. The second kappa shape index (κ2) is 6.43. The molecule has 0 fully saturated rings. The van der Waals surface area contributed by atoms with Crippen molar-refractivity contribution in [3.63, 3.8) is 0 Å². The van der Waals surface area contributed by atoms with Crippen LogP contribution < -0.4 is 0 Å². The number of nitrogens with zero attached hydrogens (tertiary/aromatic N) is 2. The van der Waals surface area contributed by atoms with Crippen LogP contribution in [-0.4, -0.2) is 27.0 Å². The molecule has 0 aliphatic heterocycles. The lowest BCUT2D eigenvalue weighted by molar-refractivity contribution is -0.119. The SMILES string of the molecule is CCc1cnc(CC)n1CCC(=O)CCO. The number of aliphatic hydroxyl groups is 1. The summed E-state index contributed by atoms with van der Waals surface area (Å²) in [6.07, 6.45) is 4.44. The lowest BCUT2D eigenvalue weighted by Crippen LogP contribution is -2.11. The Bertz CT molecular complexity index is 323. The highest BCUT2D eigenvalue weighted by Crippen LogP contribution is 2.09. The Morgan fingerprint density at radius 3 is 2.69 bits per heavy atom. The van der Waals surface area contributed by atoms with Crippen molar-refractivity contribution in [2.45, 2.75) is 46.1 Å². The predicted octanol–water partition coefficient (Wildman–Crippen LogP) is 1.35. The Kier molecular flexibility index (Phi) is 5.19. The number of ketones is 1. The van der Waals surface area contributed by atoms with Gasteiger partial charge in [0.2, 0.25) is 0 Å². The molecule has 4 heteroatoms. The van der Waals surface area contributed by atoms with Crippen LogP contribution >= 0.6 is 0 Å². The van der Waals surface area contributed by atoms with Crippen LogP contribution in [0.2, 0.25) is 0 Å². The molecule has 0 aromatic carbocycles. The first-order valence-corrected chi connectivity index (χ1v) is 5.88. The van der Waals surface area contributed by atoms with Crippen LogP contribution in [0.3, 0.4) is 0 Å². The van der Waals surface area contributed by atoms with E-state index < -0.39 is 0 Å². The van der Waals surface area contributed by atoms with E-state index in [0.29, 0.717) is 13.0 Å². The normalized spacial score (nSPS) is 10.7. The number of aliphatic hydroxyl groups excluding tert-OH is 1. The van der Waals surface area contributed by atoms with Gasteiger partial charge in [0.1, 0.15) is 11.6 Å². The molecule has 4 nitrogen and oxygen atoms in total. The number of carbonyl (C=O) groups excluding carboxylic acids is 1. The maximum Gasteiger partial charge on any atom is 0.136 e. The molecule has 1 aromatic heterocycles. The van der Waals surface area contributed by atoms with Gasteiger partial charge in [-0.2, -0.15) is 0 Å². The highest BCUT2D eigenvalue weighted by Gasteiger charge is 2.08. The van der Waals surface area contributed by atoms with Crippen molar-refractivity contribution in [3.8, 4) is 0 Å². The van der Waals surface area contributed by atoms with E-state index in [2.05, 4.69) is 23.4 Å². The summed E-state index contributed by atoms with van der Waals surface area (Å²) in [5, 5.41) is 8.66. The van der Waals surface area contributed by atoms with Crippen LogP contribution in [0.5, 0.6) is 0 Å². The van der Waals surface area contributed by atoms with E-state index in [-0.39, 0.29) is 18.8 Å². The molecule has 1 aromatic rings. The third kappa shape index (κ3) is 3.17. The van der Waals surface area contributed by atoms with E-state index in [9.17, 15) is 4.79 Å². The number of Topliss-reactive ketones (excluding diaryl/α,β-unsaturated/α-hetero) is 1. The van der Waals surface area contributed by atoms with Gasteiger partial charge in [0.05, 0.1) is 0 Å². The van der Waals surface area contributed by atoms with E-state index in [0.717, 1.165) is 18.7 Å². The van der Waals surface area contributed by atoms with Crippen molar-refractivity contribution in [1.82, 2.24) is 9.55 Å². The lowest BCUT2D eigenvalue weighted by Gasteiger charge is -2.09. The number of rotatable bonds is 7. The summed E-state index contributed by atoms with van der Waals surface area (Å²) in [5.41, 5.74) is 1.17. The van der Waals surface area contributed by atoms with Crippen molar-refractivity contribution < 1.29 is 9.90 Å². The first kappa shape index (κ1) is 12.9. The Morgan fingerprint density at radius 1 is 1.38 bits per heavy atom. The molecule has 0 spiro atoms. The average molecular weight is 224 g/mol. The molecule has 0 unspecified atom stereocenters. The second-order valence-electron chi connectivity index (χ2n) is 3.79. The number of imidazole rings is 1. The van der Waals surface area contributed by atoms with Gasteiger partial charge in [0, 0.05) is 44.3 Å². The molecule has 0 amide bonds. The van der Waals surface area contributed by atoms with E-state index >= 15 is 0 Å². The van der Waals surface area contributed by atoms with Gasteiger partial charge in [-0.3, -0.25) is 4.79 Å². The van der Waals surface area contributed by atoms with Crippen LogP contribution in [0.15, 0.2) is 6.20 Å². The molecule has 0 saturated carbocycles. The smallest absolute Gasteiger partial charge is 0.136 e. The molecule has 1 N–H and O–H groups in total. The molecule has 0 radical (unpaired) electrons. The Hall–Kier alpha value is -1.16. The van der Waals surface area contributed by atoms with Crippen molar-refractivity contribution in [1.29, 1.82) is 0 Å². The minimum absolute atomic E-state index is 0.0516. The fourth-order valence-corrected chi connectivity index (χ4v) is 1.78. The van der Waals surface area contributed by atoms with Crippen LogP contribution in [0.1, 0.15) is 38.2 Å². The molecule has 1 heterocycles. The van der Waals surface area contributed by atoms with Gasteiger partial charge in [-0.25, -0.2) is 4.98 Å². The first-order chi connectivity index (χ1) is 7.72. The monoisotopic (exact) mass is 224 g/mol. The number of hydrogen-bond acceptors (Lipinski definition) is 3. The third-order valence-corrected chi connectivity index (χ3v) is 2.70. The molecule has 16 heavy (non-hydrogen) atoms. The molecule has 0 aliphatic rings. The minimum Gasteiger partial charge on any atom is -0.396 e. The zero-order chi connectivity index (χ0) is 12.0. The Morgan fingerprint density at radius 2 is 2.12 bits per heavy atom. The molecule has 1 rings (SSSR count). The zero-order valence-corrected chi connectivity index (χ0v) is 10.1. The third-order valence-electron chi connectivity index (χ3n) is 2.70. The van der Waals surface area contributed by atoms with E-state index in [1.807, 2.05) is 6.20 Å². The maximum absolute atomic E-state index is 11.3. The maximum atomic E-state index is 11.3. The Labute approximate surface area is 96.3 Å². The van der Waals surface area contributed by atoms with Crippen molar-refractivity contribution in [3.05, 3.63) is 17.7 Å². The van der Waals surface area contributed by atoms with E-state index in [1.165, 1.54) is 5.69 Å². The van der Waals surface area contributed by atoms with Gasteiger partial charge in [-0.05, 0) is 6.42 Å². The van der Waals surface area contributed by atoms with Crippen LogP contribution in [0, 0.1) is 0 Å². The second-order valence-corrected chi connectivity index (χ2v) is 3.79. The zero-order valence-electron chi connectivity index (χ0n) is 10.1. The molecule has 90 valence electrons. The number of hydrogen-bond donors (Lipinski definition) is 1. The Balaban J connectivity index is 2.64. The number of aromatic nitrogens is 2.